The summed E-state index contributed by atoms with van der Waals surface area (Å²) in [5.41, 5.74) is -1.56. The zero-order valence-corrected chi connectivity index (χ0v) is 11.8. The minimum Gasteiger partial charge on any atom is -0.506 e. The number of phenols is 1. The maximum absolute atomic E-state index is 13.4. The Hall–Kier alpha value is -1.86. The average Bonchev–Trinajstić information content (AvgIpc) is 2.47. The summed E-state index contributed by atoms with van der Waals surface area (Å²) in [6.07, 6.45) is 0.672. The first-order valence-corrected chi connectivity index (χ1v) is 6.23. The third-order valence-electron chi connectivity index (χ3n) is 2.58. The molecule has 0 heterocycles. The second-order valence-corrected chi connectivity index (χ2v) is 4.85. The topological polar surface area (TPSA) is 32.6 Å². The van der Waals surface area contributed by atoms with E-state index in [0.717, 1.165) is 6.07 Å². The molecule has 2 rings (SSSR count). The van der Waals surface area contributed by atoms with E-state index in [1.165, 1.54) is 6.07 Å². The molecule has 9 heteroatoms. The van der Waals surface area contributed by atoms with Gasteiger partial charge in [0, 0.05) is 16.8 Å². The Balaban J connectivity index is 2.57. The van der Waals surface area contributed by atoms with E-state index >= 15 is 0 Å². The van der Waals surface area contributed by atoms with Crippen molar-refractivity contribution in [1.29, 1.82) is 0 Å². The Kier molecular flexibility index (Phi) is 4.58. The summed E-state index contributed by atoms with van der Waals surface area (Å²) in [7, 11) is 0. The molecule has 0 aliphatic heterocycles. The Morgan fingerprint density at radius 3 is 1.91 bits per heavy atom. The molecule has 2 aromatic carbocycles. The molecule has 2 aromatic rings. The zero-order chi connectivity index (χ0) is 16.6. The van der Waals surface area contributed by atoms with Crippen LogP contribution < -0.4 is 0 Å². The van der Waals surface area contributed by atoms with Gasteiger partial charge in [-0.15, -0.1) is 0 Å². The molecule has 0 saturated carbocycles. The molecule has 0 radical (unpaired) electrons. The van der Waals surface area contributed by atoms with E-state index in [-0.39, 0.29) is 15.6 Å². The lowest BCUT2D eigenvalue weighted by Crippen LogP contribution is -2.00. The first kappa shape index (κ1) is 16.5. The van der Waals surface area contributed by atoms with Gasteiger partial charge < -0.3 is 5.11 Å². The molecule has 0 aliphatic carbocycles. The Bertz CT molecular complexity index is 766. The second-order valence-electron chi connectivity index (χ2n) is 4.00. The molecule has 0 aliphatic rings. The lowest BCUT2D eigenvalue weighted by atomic mass is 10.2. The van der Waals surface area contributed by atoms with Crippen molar-refractivity contribution in [3.05, 3.63) is 56.8 Å². The lowest BCUT2D eigenvalue weighted by molar-refractivity contribution is 0.381. The molecule has 116 valence electrons. The number of aliphatic imine (C=N–C) groups is 1. The highest BCUT2D eigenvalue weighted by Gasteiger charge is 2.25. The highest BCUT2D eigenvalue weighted by Crippen LogP contribution is 2.32. The number of rotatable bonds is 2. The molecule has 22 heavy (non-hydrogen) atoms. The van der Waals surface area contributed by atoms with Crippen molar-refractivity contribution in [1.82, 2.24) is 0 Å². The van der Waals surface area contributed by atoms with Crippen LogP contribution in [0.3, 0.4) is 0 Å². The first-order chi connectivity index (χ1) is 10.2. The van der Waals surface area contributed by atoms with Crippen LogP contribution in [0.25, 0.3) is 0 Å². The summed E-state index contributed by atoms with van der Waals surface area (Å²) >= 11 is 11.3. The highest BCUT2D eigenvalue weighted by atomic mass is 35.5. The molecule has 0 fully saturated rings. The van der Waals surface area contributed by atoms with Crippen LogP contribution in [-0.2, 0) is 0 Å². The van der Waals surface area contributed by atoms with Crippen LogP contribution in [0, 0.1) is 29.1 Å². The van der Waals surface area contributed by atoms with Crippen molar-refractivity contribution < 1.29 is 27.1 Å². The van der Waals surface area contributed by atoms with Gasteiger partial charge in [-0.3, -0.25) is 0 Å². The van der Waals surface area contributed by atoms with Crippen LogP contribution in [0.5, 0.6) is 5.75 Å². The van der Waals surface area contributed by atoms with Crippen LogP contribution >= 0.6 is 23.2 Å². The van der Waals surface area contributed by atoms with Crippen molar-refractivity contribution >= 4 is 35.1 Å². The molecular weight excluding hydrogens is 352 g/mol. The molecule has 2 nitrogen and oxygen atoms in total. The van der Waals surface area contributed by atoms with Gasteiger partial charge in [-0.25, -0.2) is 26.9 Å². The van der Waals surface area contributed by atoms with E-state index in [9.17, 15) is 27.1 Å². The van der Waals surface area contributed by atoms with E-state index in [1.807, 2.05) is 0 Å². The van der Waals surface area contributed by atoms with Gasteiger partial charge in [0.2, 0.25) is 5.82 Å². The van der Waals surface area contributed by atoms with Gasteiger partial charge in [-0.1, -0.05) is 23.2 Å². The van der Waals surface area contributed by atoms with Crippen LogP contribution in [0.15, 0.2) is 17.1 Å². The quantitative estimate of drug-likeness (QED) is 0.344. The maximum Gasteiger partial charge on any atom is 0.200 e. The predicted octanol–water partition coefficient (Wildman–Crippen LogP) is 5.15. The summed E-state index contributed by atoms with van der Waals surface area (Å²) < 4.78 is 65.7. The van der Waals surface area contributed by atoms with Gasteiger partial charge in [-0.05, 0) is 12.1 Å². The number of nitrogens with zero attached hydrogens (tertiary/aromatic N) is 1. The second kappa shape index (κ2) is 6.10. The number of benzene rings is 2. The minimum atomic E-state index is -2.29. The summed E-state index contributed by atoms with van der Waals surface area (Å²) in [5, 5.41) is 9.51. The van der Waals surface area contributed by atoms with Crippen molar-refractivity contribution in [2.75, 3.05) is 0 Å². The van der Waals surface area contributed by atoms with E-state index in [4.69, 9.17) is 23.2 Å². The number of aromatic hydroxyl groups is 1. The zero-order valence-electron chi connectivity index (χ0n) is 10.3. The van der Waals surface area contributed by atoms with E-state index in [2.05, 4.69) is 4.99 Å². The molecule has 0 unspecified atom stereocenters. The van der Waals surface area contributed by atoms with Gasteiger partial charge in [0.1, 0.15) is 11.4 Å². The highest BCUT2D eigenvalue weighted by molar-refractivity contribution is 6.36. The van der Waals surface area contributed by atoms with Gasteiger partial charge in [0.05, 0.1) is 5.02 Å². The molecular formula is C13H4Cl2F5NO. The normalized spacial score (nSPS) is 11.4. The van der Waals surface area contributed by atoms with Gasteiger partial charge in [-0.2, -0.15) is 0 Å². The molecule has 0 saturated heterocycles. The van der Waals surface area contributed by atoms with Gasteiger partial charge >= 0.3 is 0 Å². The van der Waals surface area contributed by atoms with Gasteiger partial charge in [0.15, 0.2) is 23.3 Å². The Labute approximate surface area is 130 Å². The lowest BCUT2D eigenvalue weighted by Gasteiger charge is -2.05. The first-order valence-electron chi connectivity index (χ1n) is 5.47. The van der Waals surface area contributed by atoms with E-state index in [0.29, 0.717) is 6.21 Å². The largest absolute Gasteiger partial charge is 0.506 e. The number of hydrogen-bond donors (Lipinski definition) is 1. The standard InChI is InChI=1S/C13H4Cl2F5NO/c14-5-1-4(13(22)6(15)2-5)3-21-12-10(19)8(17)7(16)9(18)11(12)20/h1-3,22H. The number of halogens is 7. The molecule has 0 spiro atoms. The molecule has 0 aromatic heterocycles. The third kappa shape index (κ3) is 2.86. The van der Waals surface area contributed by atoms with Crippen LogP contribution in [-0.4, -0.2) is 11.3 Å². The monoisotopic (exact) mass is 355 g/mol. The molecule has 0 atom stereocenters. The van der Waals surface area contributed by atoms with Crippen LogP contribution in [0.4, 0.5) is 27.6 Å². The molecule has 0 bridgehead atoms. The van der Waals surface area contributed by atoms with Crippen molar-refractivity contribution in [3.8, 4) is 5.75 Å². The number of hydrogen-bond acceptors (Lipinski definition) is 2. The van der Waals surface area contributed by atoms with Crippen molar-refractivity contribution in [3.63, 3.8) is 0 Å². The van der Waals surface area contributed by atoms with E-state index in [1.54, 1.807) is 0 Å². The average molecular weight is 356 g/mol. The van der Waals surface area contributed by atoms with Crippen molar-refractivity contribution in [2.45, 2.75) is 0 Å². The Morgan fingerprint density at radius 2 is 1.36 bits per heavy atom. The fourth-order valence-corrected chi connectivity index (χ4v) is 2.03. The summed E-state index contributed by atoms with van der Waals surface area (Å²) in [6, 6.07) is 2.33. The summed E-state index contributed by atoms with van der Waals surface area (Å²) in [5.74, 6) is -11.2. The fourth-order valence-electron chi connectivity index (χ4n) is 1.53. The Morgan fingerprint density at radius 1 is 0.864 bits per heavy atom. The third-order valence-corrected chi connectivity index (χ3v) is 3.08. The fraction of sp³-hybridized carbons (Fsp3) is 0. The smallest absolute Gasteiger partial charge is 0.200 e. The minimum absolute atomic E-state index is 0.0710. The summed E-state index contributed by atoms with van der Waals surface area (Å²) in [4.78, 5) is 3.18. The maximum atomic E-state index is 13.4. The van der Waals surface area contributed by atoms with Crippen LogP contribution in [0.2, 0.25) is 10.0 Å². The predicted molar refractivity (Wildman–Crippen MR) is 71.6 cm³/mol. The summed E-state index contributed by atoms with van der Waals surface area (Å²) in [6.45, 7) is 0. The van der Waals surface area contributed by atoms with E-state index < -0.39 is 40.5 Å². The molecule has 1 N–H and O–H groups in total. The number of phenolic OH excluding ortho intramolecular Hbond substituents is 1. The van der Waals surface area contributed by atoms with Gasteiger partial charge in [0.25, 0.3) is 0 Å². The SMILES string of the molecule is Oc1c(Cl)cc(Cl)cc1C=Nc1c(F)c(F)c(F)c(F)c1F. The van der Waals surface area contributed by atoms with Crippen molar-refractivity contribution in [2.24, 2.45) is 4.99 Å². The van der Waals surface area contributed by atoms with Crippen LogP contribution in [0.1, 0.15) is 5.56 Å². The molecule has 0 amide bonds.